The third-order valence-electron chi connectivity index (χ3n) is 3.33. The van der Waals surface area contributed by atoms with Gasteiger partial charge in [0, 0.05) is 17.5 Å². The molecular weight excluding hydrogens is 232 g/mol. The third-order valence-corrected chi connectivity index (χ3v) is 4.63. The second-order valence-corrected chi connectivity index (χ2v) is 5.51. The summed E-state index contributed by atoms with van der Waals surface area (Å²) in [5, 5.41) is 4.56. The second-order valence-electron chi connectivity index (χ2n) is 4.45. The van der Waals surface area contributed by atoms with Crippen molar-refractivity contribution in [3.63, 3.8) is 0 Å². The van der Waals surface area contributed by atoms with Crippen LogP contribution >= 0.6 is 11.3 Å². The van der Waals surface area contributed by atoms with Gasteiger partial charge in [-0.05, 0) is 39.7 Å². The molecule has 0 aromatic carbocycles. The van der Waals surface area contributed by atoms with Gasteiger partial charge >= 0.3 is 0 Å². The van der Waals surface area contributed by atoms with Crippen molar-refractivity contribution in [3.8, 4) is 0 Å². The molecule has 96 valence electrons. The van der Waals surface area contributed by atoms with Crippen LogP contribution < -0.4 is 5.32 Å². The number of nitrogens with one attached hydrogen (secondary N) is 1. The minimum absolute atomic E-state index is 0.188. The van der Waals surface area contributed by atoms with Gasteiger partial charge in [0.05, 0.1) is 5.69 Å². The van der Waals surface area contributed by atoms with E-state index in [2.05, 4.69) is 12.2 Å². The number of nitrogens with zero attached hydrogens (tertiary/aromatic N) is 1. The smallest absolute Gasteiger partial charge is 0.122 e. The monoisotopic (exact) mass is 254 g/mol. The van der Waals surface area contributed by atoms with Gasteiger partial charge in [0.2, 0.25) is 0 Å². The molecule has 0 saturated heterocycles. The summed E-state index contributed by atoms with van der Waals surface area (Å²) < 4.78 is 5.75. The lowest BCUT2D eigenvalue weighted by molar-refractivity contribution is 0.0595. The van der Waals surface area contributed by atoms with Crippen LogP contribution in [-0.2, 0) is 11.2 Å². The van der Waals surface area contributed by atoms with E-state index in [1.54, 1.807) is 0 Å². The zero-order valence-corrected chi connectivity index (χ0v) is 11.8. The second kappa shape index (κ2) is 5.94. The maximum absolute atomic E-state index is 5.75. The Hall–Kier alpha value is -0.450. The van der Waals surface area contributed by atoms with E-state index < -0.39 is 0 Å². The Labute approximate surface area is 108 Å². The molecule has 2 rings (SSSR count). The van der Waals surface area contributed by atoms with Crippen molar-refractivity contribution in [1.29, 1.82) is 0 Å². The first-order chi connectivity index (χ1) is 8.30. The minimum Gasteiger partial charge on any atom is -0.371 e. The van der Waals surface area contributed by atoms with Crippen molar-refractivity contribution in [3.05, 3.63) is 15.6 Å². The fourth-order valence-electron chi connectivity index (χ4n) is 2.42. The Bertz CT molecular complexity index is 364. The number of hydrogen-bond acceptors (Lipinski definition) is 4. The fourth-order valence-corrected chi connectivity index (χ4v) is 3.81. The zero-order chi connectivity index (χ0) is 12.3. The lowest BCUT2D eigenvalue weighted by atomic mass is 9.98. The molecule has 2 unspecified atom stereocenters. The van der Waals surface area contributed by atoms with E-state index >= 15 is 0 Å². The molecule has 2 atom stereocenters. The van der Waals surface area contributed by atoms with Crippen LogP contribution in [0.2, 0.25) is 0 Å². The van der Waals surface area contributed by atoms with Crippen molar-refractivity contribution >= 4 is 11.3 Å². The summed E-state index contributed by atoms with van der Waals surface area (Å²) in [6.07, 6.45) is 4.80. The molecule has 1 aromatic heterocycles. The lowest BCUT2D eigenvalue weighted by Crippen LogP contribution is -2.19. The first kappa shape index (κ1) is 13.0. The van der Waals surface area contributed by atoms with E-state index in [1.807, 2.05) is 25.3 Å². The van der Waals surface area contributed by atoms with Crippen LogP contribution in [0.4, 0.5) is 0 Å². The van der Waals surface area contributed by atoms with Crippen LogP contribution in [0.25, 0.3) is 0 Å². The highest BCUT2D eigenvalue weighted by atomic mass is 32.1. The maximum atomic E-state index is 5.75. The number of fused-ring (bicyclic) bond motifs is 1. The highest BCUT2D eigenvalue weighted by Gasteiger charge is 2.25. The SMILES string of the molecule is CCOC(CC)c1nc2c(s1)C(NC)CCC2. The van der Waals surface area contributed by atoms with Gasteiger partial charge in [0.25, 0.3) is 0 Å². The maximum Gasteiger partial charge on any atom is 0.122 e. The van der Waals surface area contributed by atoms with Crippen LogP contribution in [0.5, 0.6) is 0 Å². The van der Waals surface area contributed by atoms with Crippen LogP contribution in [0.3, 0.4) is 0 Å². The van der Waals surface area contributed by atoms with Crippen LogP contribution in [0, 0.1) is 0 Å². The average Bonchev–Trinajstić information content (AvgIpc) is 2.79. The van der Waals surface area contributed by atoms with Gasteiger partial charge in [-0.2, -0.15) is 0 Å². The van der Waals surface area contributed by atoms with Gasteiger partial charge in [-0.25, -0.2) is 4.98 Å². The van der Waals surface area contributed by atoms with Gasteiger partial charge in [0.1, 0.15) is 11.1 Å². The quantitative estimate of drug-likeness (QED) is 0.876. The molecule has 0 bridgehead atoms. The summed E-state index contributed by atoms with van der Waals surface area (Å²) in [4.78, 5) is 6.23. The third kappa shape index (κ3) is 2.69. The van der Waals surface area contributed by atoms with E-state index in [0.29, 0.717) is 6.04 Å². The fraction of sp³-hybridized carbons (Fsp3) is 0.769. The van der Waals surface area contributed by atoms with Crippen molar-refractivity contribution < 1.29 is 4.74 Å². The van der Waals surface area contributed by atoms with Crippen molar-refractivity contribution in [2.75, 3.05) is 13.7 Å². The largest absolute Gasteiger partial charge is 0.371 e. The molecule has 1 aromatic rings. The van der Waals surface area contributed by atoms with Gasteiger partial charge in [-0.15, -0.1) is 11.3 Å². The molecule has 0 spiro atoms. The summed E-state index contributed by atoms with van der Waals surface area (Å²) in [6, 6.07) is 0.504. The van der Waals surface area contributed by atoms with Crippen molar-refractivity contribution in [1.82, 2.24) is 10.3 Å². The Balaban J connectivity index is 2.23. The van der Waals surface area contributed by atoms with E-state index in [4.69, 9.17) is 9.72 Å². The molecule has 1 aliphatic carbocycles. The number of rotatable bonds is 5. The van der Waals surface area contributed by atoms with Crippen LogP contribution in [-0.4, -0.2) is 18.6 Å². The highest BCUT2D eigenvalue weighted by molar-refractivity contribution is 7.11. The number of aryl methyl sites for hydroxylation is 1. The molecule has 0 amide bonds. The van der Waals surface area contributed by atoms with Gasteiger partial charge in [0.15, 0.2) is 0 Å². The normalized spacial score (nSPS) is 21.2. The van der Waals surface area contributed by atoms with Crippen LogP contribution in [0.15, 0.2) is 0 Å². The van der Waals surface area contributed by atoms with E-state index in [0.717, 1.165) is 19.4 Å². The Morgan fingerprint density at radius 3 is 3.00 bits per heavy atom. The van der Waals surface area contributed by atoms with Crippen LogP contribution in [0.1, 0.15) is 60.8 Å². The summed E-state index contributed by atoms with van der Waals surface area (Å²) in [7, 11) is 2.04. The lowest BCUT2D eigenvalue weighted by Gasteiger charge is -2.20. The average molecular weight is 254 g/mol. The molecule has 17 heavy (non-hydrogen) atoms. The molecule has 0 saturated carbocycles. The zero-order valence-electron chi connectivity index (χ0n) is 11.0. The number of thiazole rings is 1. The van der Waals surface area contributed by atoms with Crippen molar-refractivity contribution in [2.45, 2.75) is 51.7 Å². The first-order valence-corrected chi connectivity index (χ1v) is 7.40. The number of hydrogen-bond donors (Lipinski definition) is 1. The van der Waals surface area contributed by atoms with E-state index in [-0.39, 0.29) is 6.10 Å². The molecule has 1 N–H and O–H groups in total. The summed E-state index contributed by atoms with van der Waals surface area (Å²) in [6.45, 7) is 4.97. The summed E-state index contributed by atoms with van der Waals surface area (Å²) in [5.74, 6) is 0. The van der Waals surface area contributed by atoms with E-state index in [9.17, 15) is 0 Å². The predicted molar refractivity (Wildman–Crippen MR) is 71.5 cm³/mol. The van der Waals surface area contributed by atoms with Crippen molar-refractivity contribution in [2.24, 2.45) is 0 Å². The summed E-state index contributed by atoms with van der Waals surface area (Å²) in [5.41, 5.74) is 1.30. The standard InChI is InChI=1S/C13H22N2OS/c1-4-11(16-5-2)13-15-10-8-6-7-9(14-3)12(10)17-13/h9,11,14H,4-8H2,1-3H3. The molecule has 0 radical (unpaired) electrons. The minimum atomic E-state index is 0.188. The molecule has 4 heteroatoms. The first-order valence-electron chi connectivity index (χ1n) is 6.58. The van der Waals surface area contributed by atoms with E-state index in [1.165, 1.54) is 28.4 Å². The molecule has 0 aliphatic heterocycles. The molecule has 0 fully saturated rings. The topological polar surface area (TPSA) is 34.1 Å². The Morgan fingerprint density at radius 2 is 2.35 bits per heavy atom. The highest BCUT2D eigenvalue weighted by Crippen LogP contribution is 2.37. The Kier molecular flexibility index (Phi) is 4.54. The molecule has 3 nitrogen and oxygen atoms in total. The molecular formula is C13H22N2OS. The molecule has 1 aliphatic rings. The van der Waals surface area contributed by atoms with Gasteiger partial charge in [-0.3, -0.25) is 0 Å². The number of aromatic nitrogens is 1. The molecule has 1 heterocycles. The van der Waals surface area contributed by atoms with Gasteiger partial charge in [-0.1, -0.05) is 6.92 Å². The Morgan fingerprint density at radius 1 is 1.53 bits per heavy atom. The predicted octanol–water partition coefficient (Wildman–Crippen LogP) is 3.23. The van der Waals surface area contributed by atoms with Gasteiger partial charge < -0.3 is 10.1 Å². The number of ether oxygens (including phenoxy) is 1. The summed E-state index contributed by atoms with van der Waals surface area (Å²) >= 11 is 1.84.